The number of hydrogen-bond donors (Lipinski definition) is 1. The van der Waals surface area contributed by atoms with Crippen molar-refractivity contribution in [2.75, 3.05) is 19.6 Å². The summed E-state index contributed by atoms with van der Waals surface area (Å²) in [6.07, 6.45) is 4.17. The number of nitrogens with zero attached hydrogens (tertiary/aromatic N) is 3. The van der Waals surface area contributed by atoms with Gasteiger partial charge in [0.1, 0.15) is 5.69 Å². The minimum absolute atomic E-state index is 0.197. The quantitative estimate of drug-likeness (QED) is 0.737. The third kappa shape index (κ3) is 3.81. The van der Waals surface area contributed by atoms with Crippen molar-refractivity contribution in [3.05, 3.63) is 71.9 Å². The van der Waals surface area contributed by atoms with E-state index >= 15 is 0 Å². The lowest BCUT2D eigenvalue weighted by Gasteiger charge is -2.45. The third-order valence-electron chi connectivity index (χ3n) is 6.36. The Morgan fingerprint density at radius 3 is 2.74 bits per heavy atom. The van der Waals surface area contributed by atoms with Crippen molar-refractivity contribution in [1.29, 1.82) is 0 Å². The highest BCUT2D eigenvalue weighted by Crippen LogP contribution is 2.40. The Kier molecular flexibility index (Phi) is 5.08. The molecule has 4 heteroatoms. The summed E-state index contributed by atoms with van der Waals surface area (Å²) in [5.41, 5.74) is 5.09. The van der Waals surface area contributed by atoms with E-state index in [1.807, 2.05) is 6.20 Å². The summed E-state index contributed by atoms with van der Waals surface area (Å²) >= 11 is 0. The smallest absolute Gasteiger partial charge is 0.112 e. The number of H-pyrrole nitrogens is 1. The Morgan fingerprint density at radius 2 is 2.00 bits per heavy atom. The van der Waals surface area contributed by atoms with E-state index < -0.39 is 0 Å². The second-order valence-corrected chi connectivity index (χ2v) is 8.04. The molecule has 0 saturated carbocycles. The number of benzene rings is 2. The van der Waals surface area contributed by atoms with Gasteiger partial charge in [-0.3, -0.25) is 5.10 Å². The minimum Gasteiger partial charge on any atom is -0.303 e. The monoisotopic (exact) mass is 360 g/mol. The molecule has 1 aliphatic rings. The van der Waals surface area contributed by atoms with Crippen molar-refractivity contribution in [3.63, 3.8) is 0 Å². The number of likely N-dealkylation sites (tertiary alicyclic amines) is 1. The van der Waals surface area contributed by atoms with Crippen LogP contribution in [0.5, 0.6) is 0 Å². The molecule has 4 nitrogen and oxygen atoms in total. The summed E-state index contributed by atoms with van der Waals surface area (Å²) in [5, 5.41) is 10.8. The van der Waals surface area contributed by atoms with Crippen molar-refractivity contribution in [1.82, 2.24) is 20.3 Å². The topological polar surface area (TPSA) is 44.8 Å². The maximum atomic E-state index is 4.17. The Bertz CT molecular complexity index is 859. The number of rotatable bonds is 5. The first-order valence-electron chi connectivity index (χ1n) is 9.89. The van der Waals surface area contributed by atoms with Gasteiger partial charge in [-0.05, 0) is 47.9 Å². The highest BCUT2D eigenvalue weighted by molar-refractivity contribution is 5.59. The van der Waals surface area contributed by atoms with Crippen molar-refractivity contribution >= 4 is 0 Å². The van der Waals surface area contributed by atoms with Crippen molar-refractivity contribution in [3.8, 4) is 11.3 Å². The first-order chi connectivity index (χ1) is 13.1. The molecule has 3 aromatic rings. The Labute approximate surface area is 161 Å². The molecule has 1 fully saturated rings. The van der Waals surface area contributed by atoms with Crippen LogP contribution in [0.2, 0.25) is 0 Å². The number of nitrogens with one attached hydrogen (secondary N) is 1. The maximum absolute atomic E-state index is 4.17. The number of aromatic amines is 1. The second-order valence-electron chi connectivity index (χ2n) is 8.04. The summed E-state index contributed by atoms with van der Waals surface area (Å²) in [4.78, 5) is 2.63. The molecular weight excluding hydrogens is 332 g/mol. The maximum Gasteiger partial charge on any atom is 0.112 e. The average Bonchev–Trinajstić information content (AvgIpc) is 3.25. The summed E-state index contributed by atoms with van der Waals surface area (Å²) < 4.78 is 0. The summed E-state index contributed by atoms with van der Waals surface area (Å²) in [5.74, 6) is 0.606. The van der Waals surface area contributed by atoms with Crippen molar-refractivity contribution in [2.24, 2.45) is 5.92 Å². The molecule has 2 unspecified atom stereocenters. The molecule has 0 amide bonds. The normalized spacial score (nSPS) is 23.4. The molecule has 140 valence electrons. The Balaban J connectivity index is 1.45. The van der Waals surface area contributed by atoms with E-state index in [1.165, 1.54) is 17.5 Å². The summed E-state index contributed by atoms with van der Waals surface area (Å²) in [6, 6.07) is 19.7. The highest BCUT2D eigenvalue weighted by Gasteiger charge is 2.37. The van der Waals surface area contributed by atoms with Crippen LogP contribution in [0.1, 0.15) is 31.4 Å². The van der Waals surface area contributed by atoms with E-state index in [2.05, 4.69) is 88.8 Å². The van der Waals surface area contributed by atoms with Gasteiger partial charge in [-0.25, -0.2) is 0 Å². The zero-order chi connectivity index (χ0) is 18.7. The zero-order valence-electron chi connectivity index (χ0n) is 16.2. The second kappa shape index (κ2) is 7.65. The standard InChI is InChI=1S/C23H28N4/c1-18-17-27(13-11-19-7-4-3-5-8-19)14-12-23(18,2)21-10-6-9-20(15-21)22-16-24-26-25-22/h3-10,15-16,18H,11-14,17H2,1-2H3,(H,24,25,26). The fourth-order valence-electron chi connectivity index (χ4n) is 4.26. The van der Waals surface area contributed by atoms with E-state index in [9.17, 15) is 0 Å². The molecule has 1 saturated heterocycles. The van der Waals surface area contributed by atoms with Crippen LogP contribution in [0.25, 0.3) is 11.3 Å². The molecule has 4 rings (SSSR count). The highest BCUT2D eigenvalue weighted by atomic mass is 15.3. The van der Waals surface area contributed by atoms with Gasteiger partial charge in [0.25, 0.3) is 0 Å². The molecular formula is C23H28N4. The van der Waals surface area contributed by atoms with E-state index in [0.29, 0.717) is 5.92 Å². The van der Waals surface area contributed by atoms with Crippen LogP contribution in [0, 0.1) is 5.92 Å². The van der Waals surface area contributed by atoms with Crippen molar-refractivity contribution < 1.29 is 0 Å². The van der Waals surface area contributed by atoms with E-state index in [4.69, 9.17) is 0 Å². The number of hydrogen-bond acceptors (Lipinski definition) is 3. The predicted octanol–water partition coefficient (Wildman–Crippen LogP) is 4.31. The zero-order valence-corrected chi connectivity index (χ0v) is 16.2. The van der Waals surface area contributed by atoms with Gasteiger partial charge < -0.3 is 4.90 Å². The predicted molar refractivity (Wildman–Crippen MR) is 110 cm³/mol. The lowest BCUT2D eigenvalue weighted by molar-refractivity contribution is 0.112. The minimum atomic E-state index is 0.197. The van der Waals surface area contributed by atoms with Gasteiger partial charge in [0.05, 0.1) is 0 Å². The van der Waals surface area contributed by atoms with E-state index in [1.54, 1.807) is 0 Å². The lowest BCUT2D eigenvalue weighted by Crippen LogP contribution is -2.47. The largest absolute Gasteiger partial charge is 0.303 e. The molecule has 2 heterocycles. The fourth-order valence-corrected chi connectivity index (χ4v) is 4.26. The van der Waals surface area contributed by atoms with Gasteiger partial charge in [-0.1, -0.05) is 67.6 Å². The van der Waals surface area contributed by atoms with Crippen LogP contribution in [0.4, 0.5) is 0 Å². The van der Waals surface area contributed by atoms with Crippen molar-refractivity contribution in [2.45, 2.75) is 32.1 Å². The fraction of sp³-hybridized carbons (Fsp3) is 0.391. The molecule has 27 heavy (non-hydrogen) atoms. The molecule has 0 spiro atoms. The van der Waals surface area contributed by atoms with E-state index in [0.717, 1.165) is 37.3 Å². The molecule has 0 aliphatic carbocycles. The summed E-state index contributed by atoms with van der Waals surface area (Å²) in [7, 11) is 0. The molecule has 0 bridgehead atoms. The molecule has 1 N–H and O–H groups in total. The van der Waals surface area contributed by atoms with E-state index in [-0.39, 0.29) is 5.41 Å². The van der Waals surface area contributed by atoms with Crippen LogP contribution < -0.4 is 0 Å². The van der Waals surface area contributed by atoms with Gasteiger partial charge in [0.2, 0.25) is 0 Å². The van der Waals surface area contributed by atoms with Gasteiger partial charge >= 0.3 is 0 Å². The van der Waals surface area contributed by atoms with Gasteiger partial charge in [-0.2, -0.15) is 0 Å². The molecule has 0 radical (unpaired) electrons. The van der Waals surface area contributed by atoms with Crippen LogP contribution in [0.15, 0.2) is 60.8 Å². The lowest BCUT2D eigenvalue weighted by atomic mass is 9.67. The van der Waals surface area contributed by atoms with Gasteiger partial charge in [0.15, 0.2) is 0 Å². The van der Waals surface area contributed by atoms with Crippen LogP contribution in [-0.4, -0.2) is 39.9 Å². The average molecular weight is 361 g/mol. The van der Waals surface area contributed by atoms with Gasteiger partial charge in [0, 0.05) is 24.8 Å². The molecule has 1 aromatic heterocycles. The van der Waals surface area contributed by atoms with Gasteiger partial charge in [-0.15, -0.1) is 5.10 Å². The number of piperidine rings is 1. The number of aromatic nitrogens is 3. The molecule has 2 atom stereocenters. The van der Waals surface area contributed by atoms with Crippen LogP contribution in [0.3, 0.4) is 0 Å². The Hall–Kier alpha value is -2.46. The SMILES string of the molecule is CC1CN(CCc2ccccc2)CCC1(C)c1cccc(-c2c[nH]nn2)c1. The first-order valence-corrected chi connectivity index (χ1v) is 9.89. The summed E-state index contributed by atoms with van der Waals surface area (Å²) in [6.45, 7) is 8.27. The molecule has 1 aliphatic heterocycles. The van der Waals surface area contributed by atoms with Crippen LogP contribution >= 0.6 is 0 Å². The van der Waals surface area contributed by atoms with Crippen LogP contribution in [-0.2, 0) is 11.8 Å². The third-order valence-corrected chi connectivity index (χ3v) is 6.36. The Morgan fingerprint density at radius 1 is 1.15 bits per heavy atom. The first kappa shape index (κ1) is 17.9. The molecule has 2 aromatic carbocycles.